The fraction of sp³-hybridized carbons (Fsp3) is 0.250. The van der Waals surface area contributed by atoms with Gasteiger partial charge in [0.15, 0.2) is 0 Å². The normalized spacial score (nSPS) is 12.3. The molecule has 1 atom stereocenters. The van der Waals surface area contributed by atoms with Crippen molar-refractivity contribution >= 4 is 22.1 Å². The topological polar surface area (TPSA) is 65.2 Å². The number of hydrogen-bond acceptors (Lipinski definition) is 6. The Bertz CT molecular complexity index is 809. The highest BCUT2D eigenvalue weighted by Crippen LogP contribution is 2.26. The van der Waals surface area contributed by atoms with Crippen LogP contribution in [0.4, 0.5) is 0 Å². The maximum atomic E-state index is 12.2. The average molecular weight is 348 g/mol. The van der Waals surface area contributed by atoms with Crippen molar-refractivity contribution in [2.45, 2.75) is 18.4 Å². The van der Waals surface area contributed by atoms with E-state index in [1.807, 2.05) is 42.6 Å². The summed E-state index contributed by atoms with van der Waals surface area (Å²) in [5.74, 6) is 2.23. The van der Waals surface area contributed by atoms with Crippen LogP contribution in [0.25, 0.3) is 10.6 Å². The van der Waals surface area contributed by atoms with E-state index in [2.05, 4.69) is 10.1 Å². The van der Waals surface area contributed by atoms with Crippen LogP contribution in [-0.2, 0) is 22.3 Å². The van der Waals surface area contributed by atoms with E-state index >= 15 is 0 Å². The van der Waals surface area contributed by atoms with E-state index in [9.17, 15) is 4.21 Å². The first-order valence-corrected chi connectivity index (χ1v) is 9.37. The van der Waals surface area contributed by atoms with Gasteiger partial charge >= 0.3 is 0 Å². The molecular weight excluding hydrogens is 332 g/mol. The molecule has 2 aromatic heterocycles. The summed E-state index contributed by atoms with van der Waals surface area (Å²) in [5, 5.41) is 6.66. The van der Waals surface area contributed by atoms with Gasteiger partial charge in [0.2, 0.25) is 0 Å². The standard InChI is InChI=1S/C16H16N2O3S2/c1-11-7-15(21-18-11)10-23(19)9-13-8-22-16(17-13)12-3-5-14(20-2)6-4-12/h3-8H,9-10H2,1-2H3. The number of benzene rings is 1. The van der Waals surface area contributed by atoms with Crippen LogP contribution in [0.1, 0.15) is 17.1 Å². The molecule has 1 aromatic carbocycles. The second-order valence-corrected chi connectivity index (χ2v) is 7.35. The Morgan fingerprint density at radius 2 is 2.04 bits per heavy atom. The van der Waals surface area contributed by atoms with Crippen LogP contribution >= 0.6 is 11.3 Å². The van der Waals surface area contributed by atoms with Gasteiger partial charge in [-0.2, -0.15) is 0 Å². The lowest BCUT2D eigenvalue weighted by molar-refractivity contribution is 0.390. The molecule has 0 aliphatic carbocycles. The first-order valence-electron chi connectivity index (χ1n) is 7.00. The first kappa shape index (κ1) is 15.9. The molecule has 3 rings (SSSR count). The molecule has 0 aliphatic heterocycles. The number of rotatable bonds is 6. The van der Waals surface area contributed by atoms with Crippen molar-refractivity contribution in [2.75, 3.05) is 7.11 Å². The summed E-state index contributed by atoms with van der Waals surface area (Å²) in [6, 6.07) is 9.55. The minimum absolute atomic E-state index is 0.357. The van der Waals surface area contributed by atoms with Gasteiger partial charge in [0.25, 0.3) is 0 Å². The second-order valence-electron chi connectivity index (χ2n) is 5.04. The summed E-state index contributed by atoms with van der Waals surface area (Å²) in [5.41, 5.74) is 2.65. The molecule has 3 aromatic rings. The van der Waals surface area contributed by atoms with Crippen LogP contribution in [0, 0.1) is 6.92 Å². The molecule has 0 saturated heterocycles. The molecule has 23 heavy (non-hydrogen) atoms. The van der Waals surface area contributed by atoms with Crippen molar-refractivity contribution in [3.8, 4) is 16.3 Å². The monoisotopic (exact) mass is 348 g/mol. The summed E-state index contributed by atoms with van der Waals surface area (Å²) in [7, 11) is 0.574. The summed E-state index contributed by atoms with van der Waals surface area (Å²) < 4.78 is 22.4. The third-order valence-corrected chi connectivity index (χ3v) is 5.34. The number of hydrogen-bond donors (Lipinski definition) is 0. The summed E-state index contributed by atoms with van der Waals surface area (Å²) in [6.45, 7) is 1.84. The highest BCUT2D eigenvalue weighted by molar-refractivity contribution is 7.83. The van der Waals surface area contributed by atoms with Crippen LogP contribution in [0.2, 0.25) is 0 Å². The van der Waals surface area contributed by atoms with Gasteiger partial charge in [-0.1, -0.05) is 5.16 Å². The Morgan fingerprint density at radius 3 is 2.70 bits per heavy atom. The zero-order valence-electron chi connectivity index (χ0n) is 12.8. The highest BCUT2D eigenvalue weighted by Gasteiger charge is 2.11. The van der Waals surface area contributed by atoms with Gasteiger partial charge in [-0.15, -0.1) is 11.3 Å². The molecule has 5 nitrogen and oxygen atoms in total. The fourth-order valence-corrected chi connectivity index (χ4v) is 4.06. The molecule has 120 valence electrons. The van der Waals surface area contributed by atoms with Gasteiger partial charge in [0.1, 0.15) is 16.5 Å². The third-order valence-electron chi connectivity index (χ3n) is 3.18. The molecule has 2 heterocycles. The molecule has 0 bridgehead atoms. The lowest BCUT2D eigenvalue weighted by atomic mass is 10.2. The van der Waals surface area contributed by atoms with Crippen LogP contribution < -0.4 is 4.74 Å². The number of aromatic nitrogens is 2. The van der Waals surface area contributed by atoms with Crippen molar-refractivity contribution < 1.29 is 13.5 Å². The Morgan fingerprint density at radius 1 is 1.26 bits per heavy atom. The van der Waals surface area contributed by atoms with Crippen molar-refractivity contribution in [1.82, 2.24) is 10.1 Å². The first-order chi connectivity index (χ1) is 11.1. The number of methoxy groups -OCH3 is 1. The van der Waals surface area contributed by atoms with Crippen LogP contribution in [0.15, 0.2) is 40.2 Å². The molecular formula is C16H16N2O3S2. The molecule has 0 aliphatic rings. The highest BCUT2D eigenvalue weighted by atomic mass is 32.2. The Kier molecular flexibility index (Phi) is 4.88. The minimum atomic E-state index is -1.07. The van der Waals surface area contributed by atoms with E-state index in [0.29, 0.717) is 17.3 Å². The molecule has 1 unspecified atom stereocenters. The number of thiazole rings is 1. The molecule has 7 heteroatoms. The van der Waals surface area contributed by atoms with Crippen molar-refractivity contribution in [2.24, 2.45) is 0 Å². The van der Waals surface area contributed by atoms with Crippen molar-refractivity contribution in [3.63, 3.8) is 0 Å². The van der Waals surface area contributed by atoms with Gasteiger partial charge < -0.3 is 9.26 Å². The number of nitrogens with zero attached hydrogens (tertiary/aromatic N) is 2. The van der Waals surface area contributed by atoms with Crippen molar-refractivity contribution in [3.05, 3.63) is 52.9 Å². The largest absolute Gasteiger partial charge is 0.497 e. The SMILES string of the molecule is COc1ccc(-c2nc(CS(=O)Cc3cc(C)no3)cs2)cc1. The van der Waals surface area contributed by atoms with Gasteiger partial charge in [0.05, 0.1) is 30.0 Å². The zero-order valence-corrected chi connectivity index (χ0v) is 14.4. The Hall–Kier alpha value is -1.99. The molecule has 0 fully saturated rings. The predicted molar refractivity (Wildman–Crippen MR) is 90.9 cm³/mol. The number of aryl methyl sites for hydroxylation is 1. The Balaban J connectivity index is 1.65. The molecule has 0 amide bonds. The van der Waals surface area contributed by atoms with E-state index in [1.54, 1.807) is 18.4 Å². The quantitative estimate of drug-likeness (QED) is 0.681. The van der Waals surface area contributed by atoms with Gasteiger partial charge in [-0.25, -0.2) is 4.98 Å². The van der Waals surface area contributed by atoms with Gasteiger partial charge in [0, 0.05) is 27.8 Å². The van der Waals surface area contributed by atoms with E-state index in [1.165, 1.54) is 0 Å². The smallest absolute Gasteiger partial charge is 0.149 e. The fourth-order valence-electron chi connectivity index (χ4n) is 2.10. The van der Waals surface area contributed by atoms with Gasteiger partial charge in [-0.05, 0) is 31.2 Å². The summed E-state index contributed by atoms with van der Waals surface area (Å²) >= 11 is 1.55. The van der Waals surface area contributed by atoms with Crippen molar-refractivity contribution in [1.29, 1.82) is 0 Å². The van der Waals surface area contributed by atoms with E-state index in [-0.39, 0.29) is 0 Å². The van der Waals surface area contributed by atoms with E-state index in [4.69, 9.17) is 9.26 Å². The molecule has 0 radical (unpaired) electrons. The van der Waals surface area contributed by atoms with Gasteiger partial charge in [-0.3, -0.25) is 4.21 Å². The maximum absolute atomic E-state index is 12.2. The van der Waals surface area contributed by atoms with E-state index in [0.717, 1.165) is 27.7 Å². The maximum Gasteiger partial charge on any atom is 0.149 e. The lowest BCUT2D eigenvalue weighted by Crippen LogP contribution is -1.99. The predicted octanol–water partition coefficient (Wildman–Crippen LogP) is 3.56. The molecule has 0 saturated carbocycles. The number of ether oxygens (including phenoxy) is 1. The molecule has 0 spiro atoms. The zero-order chi connectivity index (χ0) is 16.2. The summed E-state index contributed by atoms with van der Waals surface area (Å²) in [4.78, 5) is 4.56. The lowest BCUT2D eigenvalue weighted by Gasteiger charge is -2.00. The average Bonchev–Trinajstić information content (AvgIpc) is 3.16. The second kappa shape index (κ2) is 7.06. The van der Waals surface area contributed by atoms with Crippen LogP contribution in [0.3, 0.4) is 0 Å². The van der Waals surface area contributed by atoms with E-state index < -0.39 is 10.8 Å². The Labute approximate surface area is 140 Å². The molecule has 0 N–H and O–H groups in total. The van der Waals surface area contributed by atoms with Crippen LogP contribution in [0.5, 0.6) is 5.75 Å². The minimum Gasteiger partial charge on any atom is -0.497 e. The summed E-state index contributed by atoms with van der Waals surface area (Å²) in [6.07, 6.45) is 0. The third kappa shape index (κ3) is 4.05. The van der Waals surface area contributed by atoms with Crippen LogP contribution in [-0.4, -0.2) is 21.5 Å².